The lowest BCUT2D eigenvalue weighted by molar-refractivity contribution is -0.288. The molecule has 0 bridgehead atoms. The molecule has 2 aromatic rings. The van der Waals surface area contributed by atoms with Crippen LogP contribution in [0.3, 0.4) is 0 Å². The Labute approximate surface area is 240 Å². The lowest BCUT2D eigenvalue weighted by Crippen LogP contribution is -2.63. The molecule has 0 N–H and O–H groups in total. The van der Waals surface area contributed by atoms with Crippen molar-refractivity contribution >= 4 is 41.4 Å². The molecule has 5 atom stereocenters. The third-order valence-corrected chi connectivity index (χ3v) is 6.07. The summed E-state index contributed by atoms with van der Waals surface area (Å²) in [5.74, 6) is -3.19. The van der Waals surface area contributed by atoms with Gasteiger partial charge >= 0.3 is 29.8 Å². The second-order valence-corrected chi connectivity index (χ2v) is 9.30. The molecule has 41 heavy (non-hydrogen) atoms. The third kappa shape index (κ3) is 8.41. The number of carbonyl (C=O) groups is 5. The SMILES string of the molecule is COC(=O)c1ccc(-c2ccc(O[C@H]3O[C@H](COC(C)=O)[C@@H](OC(C)=O)[C@H](OC(C)=O)[C@@H]3OC(C)=O)cc2Cl)cc1. The zero-order valence-corrected chi connectivity index (χ0v) is 23.7. The van der Waals surface area contributed by atoms with Crippen LogP contribution in [-0.4, -0.2) is 74.3 Å². The molecule has 1 aliphatic rings. The van der Waals surface area contributed by atoms with Gasteiger partial charge in [0.15, 0.2) is 12.2 Å². The minimum atomic E-state index is -1.41. The molecule has 12 nitrogen and oxygen atoms in total. The molecule has 3 rings (SSSR count). The van der Waals surface area contributed by atoms with Crippen molar-refractivity contribution in [2.45, 2.75) is 58.4 Å². The standard InChI is InChI=1S/C28H29ClO12/c1-14(30)36-13-23-24(37-15(2)31)25(38-16(3)32)26(39-17(4)33)28(41-23)40-20-10-11-21(22(29)12-20)18-6-8-19(9-7-18)27(34)35-5/h6-12,23-26,28H,13H2,1-5H3/t23-,24-,25+,26+,28+/m1/s1. The Bertz CT molecular complexity index is 1290. The van der Waals surface area contributed by atoms with E-state index < -0.39 is 60.6 Å². The predicted molar refractivity (Wildman–Crippen MR) is 141 cm³/mol. The van der Waals surface area contributed by atoms with Gasteiger partial charge < -0.3 is 33.2 Å². The smallest absolute Gasteiger partial charge is 0.337 e. The van der Waals surface area contributed by atoms with E-state index in [1.165, 1.54) is 20.1 Å². The van der Waals surface area contributed by atoms with E-state index in [2.05, 4.69) is 0 Å². The highest BCUT2D eigenvalue weighted by atomic mass is 35.5. The predicted octanol–water partition coefficient (Wildman–Crippen LogP) is 3.26. The zero-order chi connectivity index (χ0) is 30.3. The number of hydrogen-bond donors (Lipinski definition) is 0. The van der Waals surface area contributed by atoms with Crippen LogP contribution in [0.15, 0.2) is 42.5 Å². The van der Waals surface area contributed by atoms with E-state index in [9.17, 15) is 24.0 Å². The molecule has 1 heterocycles. The van der Waals surface area contributed by atoms with Gasteiger partial charge in [-0.3, -0.25) is 19.2 Å². The Balaban J connectivity index is 1.94. The van der Waals surface area contributed by atoms with Gasteiger partial charge in [-0.05, 0) is 35.9 Å². The first-order valence-electron chi connectivity index (χ1n) is 12.3. The molecule has 0 unspecified atom stereocenters. The second kappa shape index (κ2) is 14.0. The highest BCUT2D eigenvalue weighted by Gasteiger charge is 2.53. The van der Waals surface area contributed by atoms with Crippen molar-refractivity contribution in [3.63, 3.8) is 0 Å². The van der Waals surface area contributed by atoms with Gasteiger partial charge in [0.05, 0.1) is 17.7 Å². The first kappa shape index (κ1) is 31.4. The van der Waals surface area contributed by atoms with E-state index in [1.807, 2.05) is 0 Å². The molecular weight excluding hydrogens is 564 g/mol. The van der Waals surface area contributed by atoms with Crippen molar-refractivity contribution in [3.8, 4) is 16.9 Å². The summed E-state index contributed by atoms with van der Waals surface area (Å²) in [4.78, 5) is 59.1. The molecule has 0 radical (unpaired) electrons. The first-order chi connectivity index (χ1) is 19.4. The van der Waals surface area contributed by atoms with Crippen LogP contribution < -0.4 is 4.74 Å². The van der Waals surface area contributed by atoms with E-state index >= 15 is 0 Å². The van der Waals surface area contributed by atoms with Crippen LogP contribution in [-0.2, 0) is 47.6 Å². The molecule has 1 fully saturated rings. The summed E-state index contributed by atoms with van der Waals surface area (Å²) in [5, 5.41) is 0.277. The second-order valence-electron chi connectivity index (χ2n) is 8.90. The molecule has 220 valence electrons. The van der Waals surface area contributed by atoms with Gasteiger partial charge in [0.2, 0.25) is 12.4 Å². The average Bonchev–Trinajstić information content (AvgIpc) is 2.90. The largest absolute Gasteiger partial charge is 0.465 e. The fourth-order valence-electron chi connectivity index (χ4n) is 4.12. The molecule has 1 saturated heterocycles. The first-order valence-corrected chi connectivity index (χ1v) is 12.7. The lowest BCUT2D eigenvalue weighted by atomic mass is 9.98. The maximum absolute atomic E-state index is 12.0. The number of esters is 5. The molecule has 0 saturated carbocycles. The molecule has 1 aliphatic heterocycles. The fourth-order valence-corrected chi connectivity index (χ4v) is 4.40. The van der Waals surface area contributed by atoms with Crippen LogP contribution in [0.1, 0.15) is 38.1 Å². The maximum atomic E-state index is 12.0. The molecule has 2 aromatic carbocycles. The van der Waals surface area contributed by atoms with E-state index in [1.54, 1.807) is 36.4 Å². The topological polar surface area (TPSA) is 150 Å². The minimum absolute atomic E-state index is 0.186. The van der Waals surface area contributed by atoms with Crippen molar-refractivity contribution < 1.29 is 57.1 Å². The number of rotatable bonds is 9. The maximum Gasteiger partial charge on any atom is 0.337 e. The van der Waals surface area contributed by atoms with Gasteiger partial charge in [-0.25, -0.2) is 4.79 Å². The van der Waals surface area contributed by atoms with Crippen LogP contribution in [0, 0.1) is 0 Å². The molecule has 0 aliphatic carbocycles. The van der Waals surface area contributed by atoms with Gasteiger partial charge in [0, 0.05) is 33.3 Å². The van der Waals surface area contributed by atoms with Crippen molar-refractivity contribution in [3.05, 3.63) is 53.1 Å². The lowest BCUT2D eigenvalue weighted by Gasteiger charge is -2.43. The van der Waals surface area contributed by atoms with Crippen molar-refractivity contribution in [2.24, 2.45) is 0 Å². The normalized spacial score (nSPS) is 21.7. The number of methoxy groups -OCH3 is 1. The molecular formula is C28H29ClO12. The zero-order valence-electron chi connectivity index (χ0n) is 22.9. The molecule has 0 spiro atoms. The number of carbonyl (C=O) groups excluding carboxylic acids is 5. The highest BCUT2D eigenvalue weighted by Crippen LogP contribution is 2.35. The Hall–Kier alpha value is -4.16. The van der Waals surface area contributed by atoms with Crippen LogP contribution in [0.4, 0.5) is 0 Å². The van der Waals surface area contributed by atoms with E-state index in [-0.39, 0.29) is 17.4 Å². The van der Waals surface area contributed by atoms with Gasteiger partial charge in [0.25, 0.3) is 0 Å². The fraction of sp³-hybridized carbons (Fsp3) is 0.393. The Morgan fingerprint density at radius 3 is 1.90 bits per heavy atom. The molecule has 0 aromatic heterocycles. The summed E-state index contributed by atoms with van der Waals surface area (Å²) in [6.45, 7) is 4.17. The Morgan fingerprint density at radius 2 is 1.37 bits per heavy atom. The van der Waals surface area contributed by atoms with Gasteiger partial charge in [-0.2, -0.15) is 0 Å². The average molecular weight is 593 g/mol. The van der Waals surface area contributed by atoms with Gasteiger partial charge in [-0.15, -0.1) is 0 Å². The molecule has 13 heteroatoms. The Morgan fingerprint density at radius 1 is 0.780 bits per heavy atom. The van der Waals surface area contributed by atoms with E-state index in [0.717, 1.165) is 20.8 Å². The summed E-state index contributed by atoms with van der Waals surface area (Å²) in [7, 11) is 1.29. The van der Waals surface area contributed by atoms with Crippen LogP contribution >= 0.6 is 11.6 Å². The van der Waals surface area contributed by atoms with Crippen molar-refractivity contribution in [2.75, 3.05) is 13.7 Å². The minimum Gasteiger partial charge on any atom is -0.465 e. The third-order valence-electron chi connectivity index (χ3n) is 5.76. The van der Waals surface area contributed by atoms with Crippen LogP contribution in [0.25, 0.3) is 11.1 Å². The highest BCUT2D eigenvalue weighted by molar-refractivity contribution is 6.33. The van der Waals surface area contributed by atoms with Crippen LogP contribution in [0.5, 0.6) is 5.75 Å². The monoisotopic (exact) mass is 592 g/mol. The summed E-state index contributed by atoms with van der Waals surface area (Å²) in [6, 6.07) is 11.3. The summed E-state index contributed by atoms with van der Waals surface area (Å²) in [6.07, 6.45) is -6.64. The van der Waals surface area contributed by atoms with Gasteiger partial charge in [0.1, 0.15) is 18.5 Å². The van der Waals surface area contributed by atoms with E-state index in [4.69, 9.17) is 44.8 Å². The van der Waals surface area contributed by atoms with E-state index in [0.29, 0.717) is 16.7 Å². The summed E-state index contributed by atoms with van der Waals surface area (Å²) >= 11 is 6.54. The molecule has 0 amide bonds. The van der Waals surface area contributed by atoms with Crippen molar-refractivity contribution in [1.82, 2.24) is 0 Å². The van der Waals surface area contributed by atoms with Crippen LogP contribution in [0.2, 0.25) is 5.02 Å². The number of benzene rings is 2. The summed E-state index contributed by atoms with van der Waals surface area (Å²) < 4.78 is 37.9. The van der Waals surface area contributed by atoms with Gasteiger partial charge in [-0.1, -0.05) is 23.7 Å². The number of hydrogen-bond acceptors (Lipinski definition) is 12. The number of halogens is 1. The summed E-state index contributed by atoms with van der Waals surface area (Å²) in [5.41, 5.74) is 1.70. The van der Waals surface area contributed by atoms with Crippen molar-refractivity contribution in [1.29, 1.82) is 0 Å². The number of ether oxygens (including phenoxy) is 7. The Kier molecular flexibility index (Phi) is 10.7. The quantitative estimate of drug-likeness (QED) is 0.310.